The first-order valence-corrected chi connectivity index (χ1v) is 5.71. The van der Waals surface area contributed by atoms with Gasteiger partial charge in [-0.2, -0.15) is 4.68 Å². The maximum atomic E-state index is 9.77. The van der Waals surface area contributed by atoms with Gasteiger partial charge in [0.05, 0.1) is 11.6 Å². The van der Waals surface area contributed by atoms with Gasteiger partial charge in [-0.3, -0.25) is 0 Å². The zero-order valence-electron chi connectivity index (χ0n) is 9.85. The van der Waals surface area contributed by atoms with Crippen LogP contribution in [0.3, 0.4) is 0 Å². The Bertz CT molecular complexity index is 690. The van der Waals surface area contributed by atoms with Crippen molar-refractivity contribution in [2.45, 2.75) is 13.0 Å². The molecule has 0 bridgehead atoms. The highest BCUT2D eigenvalue weighted by molar-refractivity contribution is 5.75. The van der Waals surface area contributed by atoms with Crippen molar-refractivity contribution in [2.24, 2.45) is 0 Å². The van der Waals surface area contributed by atoms with Crippen molar-refractivity contribution in [1.82, 2.24) is 20.0 Å². The molecule has 0 saturated carbocycles. The molecule has 18 heavy (non-hydrogen) atoms. The lowest BCUT2D eigenvalue weighted by molar-refractivity contribution is 0.198. The van der Waals surface area contributed by atoms with Crippen molar-refractivity contribution in [3.63, 3.8) is 0 Å². The summed E-state index contributed by atoms with van der Waals surface area (Å²) in [7, 11) is 0. The fourth-order valence-corrected chi connectivity index (χ4v) is 1.94. The van der Waals surface area contributed by atoms with Crippen LogP contribution in [-0.2, 0) is 0 Å². The number of aromatic nitrogens is 4. The molecule has 1 aromatic carbocycles. The highest BCUT2D eigenvalue weighted by Crippen LogP contribution is 2.21. The fraction of sp³-hybridized carbons (Fsp3) is 0.154. The van der Waals surface area contributed by atoms with Crippen molar-refractivity contribution < 1.29 is 5.11 Å². The van der Waals surface area contributed by atoms with E-state index < -0.39 is 6.10 Å². The Morgan fingerprint density at radius 2 is 2.00 bits per heavy atom. The number of fused-ring (bicyclic) bond motifs is 1. The molecule has 5 nitrogen and oxygen atoms in total. The van der Waals surface area contributed by atoms with E-state index in [1.54, 1.807) is 23.9 Å². The Labute approximate surface area is 104 Å². The molecule has 0 radical (unpaired) electrons. The maximum absolute atomic E-state index is 9.77. The van der Waals surface area contributed by atoms with Crippen LogP contribution in [0.4, 0.5) is 0 Å². The van der Waals surface area contributed by atoms with Crippen LogP contribution in [0.25, 0.3) is 16.9 Å². The predicted molar refractivity (Wildman–Crippen MR) is 67.3 cm³/mol. The molecule has 2 heterocycles. The minimum absolute atomic E-state index is 0.600. The Morgan fingerprint density at radius 3 is 2.83 bits per heavy atom. The summed E-state index contributed by atoms with van der Waals surface area (Å²) in [5.41, 5.74) is 2.41. The Kier molecular flexibility index (Phi) is 2.53. The zero-order valence-corrected chi connectivity index (χ0v) is 9.85. The summed E-state index contributed by atoms with van der Waals surface area (Å²) in [6.07, 6.45) is 1.08. The summed E-state index contributed by atoms with van der Waals surface area (Å²) < 4.78 is 1.65. The van der Waals surface area contributed by atoms with Gasteiger partial charge in [-0.1, -0.05) is 23.4 Å². The van der Waals surface area contributed by atoms with Crippen LogP contribution in [0, 0.1) is 0 Å². The number of pyridine rings is 1. The van der Waals surface area contributed by atoms with Crippen LogP contribution in [0.5, 0.6) is 0 Å². The van der Waals surface area contributed by atoms with Crippen LogP contribution in [0.15, 0.2) is 42.6 Å². The summed E-state index contributed by atoms with van der Waals surface area (Å²) in [5.74, 6) is 0.612. The predicted octanol–water partition coefficient (Wildman–Crippen LogP) is 1.87. The molecule has 0 saturated heterocycles. The van der Waals surface area contributed by atoms with Crippen LogP contribution in [0.2, 0.25) is 0 Å². The molecule has 90 valence electrons. The number of nitrogens with zero attached hydrogens (tertiary/aromatic N) is 4. The van der Waals surface area contributed by atoms with Crippen LogP contribution >= 0.6 is 0 Å². The zero-order chi connectivity index (χ0) is 12.5. The molecule has 3 aromatic rings. The van der Waals surface area contributed by atoms with E-state index in [1.165, 1.54) is 0 Å². The number of benzene rings is 1. The smallest absolute Gasteiger partial charge is 0.161 e. The highest BCUT2D eigenvalue weighted by atomic mass is 16.3. The van der Waals surface area contributed by atoms with E-state index in [-0.39, 0.29) is 0 Å². The summed E-state index contributed by atoms with van der Waals surface area (Å²) in [5, 5.41) is 18.0. The molecule has 2 aromatic heterocycles. The van der Waals surface area contributed by atoms with Gasteiger partial charge in [0.15, 0.2) is 5.82 Å². The number of hydrogen-bond acceptors (Lipinski definition) is 4. The minimum atomic E-state index is -0.600. The third-order valence-corrected chi connectivity index (χ3v) is 2.82. The highest BCUT2D eigenvalue weighted by Gasteiger charge is 2.13. The maximum Gasteiger partial charge on any atom is 0.161 e. The number of aliphatic hydroxyl groups excluding tert-OH is 1. The lowest BCUT2D eigenvalue weighted by Crippen LogP contribution is -2.06. The molecule has 1 N–H and O–H groups in total. The summed E-state index contributed by atoms with van der Waals surface area (Å²) in [6.45, 7) is 1.71. The average molecular weight is 240 g/mol. The van der Waals surface area contributed by atoms with Crippen molar-refractivity contribution >= 4 is 11.0 Å². The van der Waals surface area contributed by atoms with E-state index in [0.29, 0.717) is 5.82 Å². The third kappa shape index (κ3) is 1.65. The van der Waals surface area contributed by atoms with Gasteiger partial charge in [-0.25, -0.2) is 4.98 Å². The summed E-state index contributed by atoms with van der Waals surface area (Å²) in [6, 6.07) is 11.3. The normalized spacial score (nSPS) is 12.8. The lowest BCUT2D eigenvalue weighted by Gasteiger charge is -2.10. The van der Waals surface area contributed by atoms with Crippen LogP contribution in [0.1, 0.15) is 18.6 Å². The lowest BCUT2D eigenvalue weighted by atomic mass is 10.1. The minimum Gasteiger partial charge on any atom is -0.389 e. The van der Waals surface area contributed by atoms with E-state index in [0.717, 1.165) is 16.6 Å². The molecule has 0 unspecified atom stereocenters. The summed E-state index contributed by atoms with van der Waals surface area (Å²) in [4.78, 5) is 4.29. The SMILES string of the molecule is C[C@H](O)c1cccnc1-n1nnc2ccccc21. The second-order valence-electron chi connectivity index (χ2n) is 4.08. The molecule has 0 aliphatic heterocycles. The van der Waals surface area contributed by atoms with Gasteiger partial charge in [0.1, 0.15) is 5.52 Å². The third-order valence-electron chi connectivity index (χ3n) is 2.82. The first kappa shape index (κ1) is 10.9. The van der Waals surface area contributed by atoms with Gasteiger partial charge in [0, 0.05) is 11.8 Å². The fourth-order valence-electron chi connectivity index (χ4n) is 1.94. The molecule has 1 atom stereocenters. The first-order chi connectivity index (χ1) is 8.77. The first-order valence-electron chi connectivity index (χ1n) is 5.71. The second kappa shape index (κ2) is 4.19. The van der Waals surface area contributed by atoms with E-state index in [4.69, 9.17) is 0 Å². The Balaban J connectivity index is 2.27. The van der Waals surface area contributed by atoms with E-state index in [2.05, 4.69) is 15.3 Å². The van der Waals surface area contributed by atoms with Crippen LogP contribution in [-0.4, -0.2) is 25.1 Å². The van der Waals surface area contributed by atoms with Gasteiger partial charge < -0.3 is 5.11 Å². The Morgan fingerprint density at radius 1 is 1.17 bits per heavy atom. The van der Waals surface area contributed by atoms with Gasteiger partial charge in [0.2, 0.25) is 0 Å². The van der Waals surface area contributed by atoms with Gasteiger partial charge >= 0.3 is 0 Å². The molecule has 0 aliphatic carbocycles. The molecule has 5 heteroatoms. The molecule has 3 rings (SSSR count). The molecular weight excluding hydrogens is 228 g/mol. The van der Waals surface area contributed by atoms with E-state index in [9.17, 15) is 5.11 Å². The molecular formula is C13H12N4O. The molecule has 0 spiro atoms. The molecule has 0 aliphatic rings. The second-order valence-corrected chi connectivity index (χ2v) is 4.08. The summed E-state index contributed by atoms with van der Waals surface area (Å²) >= 11 is 0. The van der Waals surface area contributed by atoms with E-state index >= 15 is 0 Å². The van der Waals surface area contributed by atoms with Crippen LogP contribution < -0.4 is 0 Å². The molecule has 0 fully saturated rings. The van der Waals surface area contributed by atoms with Crippen molar-refractivity contribution in [3.05, 3.63) is 48.2 Å². The van der Waals surface area contributed by atoms with Gasteiger partial charge in [-0.05, 0) is 25.1 Å². The number of para-hydroxylation sites is 1. The van der Waals surface area contributed by atoms with Gasteiger partial charge in [0.25, 0.3) is 0 Å². The largest absolute Gasteiger partial charge is 0.389 e. The number of aliphatic hydroxyl groups is 1. The van der Waals surface area contributed by atoms with Crippen molar-refractivity contribution in [3.8, 4) is 5.82 Å². The Hall–Kier alpha value is -2.27. The van der Waals surface area contributed by atoms with Gasteiger partial charge in [-0.15, -0.1) is 5.10 Å². The monoisotopic (exact) mass is 240 g/mol. The molecule has 0 amide bonds. The van der Waals surface area contributed by atoms with E-state index in [1.807, 2.05) is 30.3 Å². The topological polar surface area (TPSA) is 63.8 Å². The van der Waals surface area contributed by atoms with Crippen molar-refractivity contribution in [1.29, 1.82) is 0 Å². The average Bonchev–Trinajstić information content (AvgIpc) is 2.82. The standard InChI is InChI=1S/C13H12N4O/c1-9(18)10-5-4-8-14-13(10)17-12-7-3-2-6-11(12)15-16-17/h2-9,18H,1H3/t9-/m0/s1. The quantitative estimate of drug-likeness (QED) is 0.742. The number of rotatable bonds is 2. The van der Waals surface area contributed by atoms with Crippen molar-refractivity contribution in [2.75, 3.05) is 0 Å². The number of hydrogen-bond donors (Lipinski definition) is 1.